The van der Waals surface area contributed by atoms with Gasteiger partial charge in [-0.3, -0.25) is 19.7 Å². The highest BCUT2D eigenvalue weighted by Gasteiger charge is 2.17. The van der Waals surface area contributed by atoms with Crippen LogP contribution in [0.5, 0.6) is 5.75 Å². The summed E-state index contributed by atoms with van der Waals surface area (Å²) in [7, 11) is 1.40. The number of rotatable bonds is 8. The number of aryl methyl sites for hydroxylation is 1. The molecule has 0 bridgehead atoms. The van der Waals surface area contributed by atoms with Gasteiger partial charge in [-0.05, 0) is 23.6 Å². The molecule has 0 aliphatic rings. The van der Waals surface area contributed by atoms with E-state index in [9.17, 15) is 19.2 Å². The second kappa shape index (κ2) is 9.65. The van der Waals surface area contributed by atoms with Gasteiger partial charge in [0.05, 0.1) is 30.5 Å². The average Bonchev–Trinajstić information content (AvgIpc) is 3.40. The predicted octanol–water partition coefficient (Wildman–Crippen LogP) is 1.46. The van der Waals surface area contributed by atoms with Crippen LogP contribution in [0.3, 0.4) is 0 Å². The van der Waals surface area contributed by atoms with Crippen LogP contribution in [0.25, 0.3) is 10.8 Å². The van der Waals surface area contributed by atoms with Crippen molar-refractivity contribution in [3.8, 4) is 16.5 Å². The molecule has 0 saturated heterocycles. The predicted molar refractivity (Wildman–Crippen MR) is 105 cm³/mol. The van der Waals surface area contributed by atoms with Crippen LogP contribution >= 0.6 is 11.3 Å². The number of ether oxygens (including phenoxy) is 2. The minimum Gasteiger partial charge on any atom is -0.496 e. The molecule has 1 N–H and O–H groups in total. The third kappa shape index (κ3) is 5.20. The Bertz CT molecular complexity index is 1100. The quantitative estimate of drug-likeness (QED) is 0.531. The molecule has 0 radical (unpaired) electrons. The molecule has 30 heavy (non-hydrogen) atoms. The summed E-state index contributed by atoms with van der Waals surface area (Å²) in [5.74, 6) is -2.44. The summed E-state index contributed by atoms with van der Waals surface area (Å²) in [6.07, 6.45) is -0.204. The number of nitrogens with zero attached hydrogens (tertiary/aromatic N) is 2. The van der Waals surface area contributed by atoms with Gasteiger partial charge in [0.25, 0.3) is 17.7 Å². The molecule has 156 valence electrons. The second-order valence-electron chi connectivity index (χ2n) is 5.86. The maximum Gasteiger partial charge on any atom is 0.437 e. The van der Waals surface area contributed by atoms with Gasteiger partial charge in [0, 0.05) is 0 Å². The van der Waals surface area contributed by atoms with Gasteiger partial charge in [-0.25, -0.2) is 4.79 Å². The molecular formula is C19H17N3O7S. The van der Waals surface area contributed by atoms with E-state index in [4.69, 9.17) is 13.9 Å². The number of methoxy groups -OCH3 is 1. The zero-order chi connectivity index (χ0) is 21.5. The van der Waals surface area contributed by atoms with Gasteiger partial charge < -0.3 is 13.9 Å². The van der Waals surface area contributed by atoms with E-state index in [0.717, 1.165) is 4.68 Å². The highest BCUT2D eigenvalue weighted by molar-refractivity contribution is 7.13. The number of amides is 2. The van der Waals surface area contributed by atoms with Crippen LogP contribution in [0, 0.1) is 0 Å². The van der Waals surface area contributed by atoms with Crippen molar-refractivity contribution in [3.63, 3.8) is 0 Å². The maximum atomic E-state index is 12.1. The average molecular weight is 431 g/mol. The number of esters is 1. The van der Waals surface area contributed by atoms with Gasteiger partial charge in [0.2, 0.25) is 0 Å². The summed E-state index contributed by atoms with van der Waals surface area (Å²) in [6.45, 7) is -0.720. The third-order valence-electron chi connectivity index (χ3n) is 3.83. The number of para-hydroxylation sites is 1. The van der Waals surface area contributed by atoms with Crippen molar-refractivity contribution >= 4 is 29.1 Å². The number of hydrogen-bond donors (Lipinski definition) is 1. The highest BCUT2D eigenvalue weighted by atomic mass is 32.1. The largest absolute Gasteiger partial charge is 0.496 e. The molecule has 0 saturated carbocycles. The molecule has 2 aromatic heterocycles. The van der Waals surface area contributed by atoms with E-state index in [1.54, 1.807) is 30.3 Å². The van der Waals surface area contributed by atoms with E-state index in [1.165, 1.54) is 24.5 Å². The van der Waals surface area contributed by atoms with E-state index in [1.807, 2.05) is 5.38 Å². The summed E-state index contributed by atoms with van der Waals surface area (Å²) in [6, 6.07) is 9.92. The maximum absolute atomic E-state index is 12.1. The second-order valence-corrected chi connectivity index (χ2v) is 6.81. The molecule has 11 heteroatoms. The minimum absolute atomic E-state index is 0.0751. The molecule has 0 unspecified atom stereocenters. The van der Waals surface area contributed by atoms with Crippen molar-refractivity contribution in [1.29, 1.82) is 0 Å². The van der Waals surface area contributed by atoms with Crippen molar-refractivity contribution in [3.05, 3.63) is 57.9 Å². The van der Waals surface area contributed by atoms with Gasteiger partial charge in [0.15, 0.2) is 6.61 Å². The van der Waals surface area contributed by atoms with Gasteiger partial charge in [-0.2, -0.15) is 4.68 Å². The zero-order valence-electron chi connectivity index (χ0n) is 15.8. The van der Waals surface area contributed by atoms with Crippen LogP contribution in [0.1, 0.15) is 16.8 Å². The Labute approximate surface area is 174 Å². The Morgan fingerprint density at radius 1 is 1.20 bits per heavy atom. The molecule has 3 aromatic rings. The van der Waals surface area contributed by atoms with E-state index < -0.39 is 30.1 Å². The molecule has 2 heterocycles. The lowest BCUT2D eigenvalue weighted by Gasteiger charge is -2.08. The standard InChI is InChI=1S/C19H17N3O7S/c1-27-13-6-3-2-5-12(13)17(25)20-15(23)11-28-16(24)8-9-22-19(26)29-18(21-22)14-7-4-10-30-14/h2-7,10H,8-9,11H2,1H3,(H,20,23,25). The lowest BCUT2D eigenvalue weighted by atomic mass is 10.2. The van der Waals surface area contributed by atoms with Crippen molar-refractivity contribution in [2.45, 2.75) is 13.0 Å². The van der Waals surface area contributed by atoms with Gasteiger partial charge in [-0.15, -0.1) is 16.4 Å². The van der Waals surface area contributed by atoms with Crippen LogP contribution in [0.15, 0.2) is 51.0 Å². The number of imide groups is 1. The molecule has 0 spiro atoms. The molecule has 3 rings (SSSR count). The first-order valence-electron chi connectivity index (χ1n) is 8.72. The number of carbonyl (C=O) groups excluding carboxylic acids is 3. The fraction of sp³-hybridized carbons (Fsp3) is 0.211. The monoisotopic (exact) mass is 431 g/mol. The van der Waals surface area contributed by atoms with Crippen LogP contribution in [0.4, 0.5) is 0 Å². The van der Waals surface area contributed by atoms with Crippen LogP contribution in [0.2, 0.25) is 0 Å². The summed E-state index contributed by atoms with van der Waals surface area (Å²) in [5, 5.41) is 7.94. The Morgan fingerprint density at radius 2 is 2.00 bits per heavy atom. The number of aromatic nitrogens is 2. The summed E-state index contributed by atoms with van der Waals surface area (Å²) < 4.78 is 15.9. The SMILES string of the molecule is COc1ccccc1C(=O)NC(=O)COC(=O)CCn1nc(-c2cccs2)oc1=O. The smallest absolute Gasteiger partial charge is 0.437 e. The lowest BCUT2D eigenvalue weighted by Crippen LogP contribution is -2.34. The number of hydrogen-bond acceptors (Lipinski definition) is 9. The number of carbonyl (C=O) groups is 3. The van der Waals surface area contributed by atoms with E-state index >= 15 is 0 Å². The van der Waals surface area contributed by atoms with Crippen LogP contribution in [-0.4, -0.2) is 41.3 Å². The van der Waals surface area contributed by atoms with E-state index in [-0.39, 0.29) is 24.4 Å². The van der Waals surface area contributed by atoms with Gasteiger partial charge >= 0.3 is 11.7 Å². The topological polar surface area (TPSA) is 130 Å². The number of thiophene rings is 1. The molecule has 0 aliphatic carbocycles. The van der Waals surface area contributed by atoms with Crippen LogP contribution < -0.4 is 15.8 Å². The molecule has 2 amide bonds. The Hall–Kier alpha value is -3.73. The highest BCUT2D eigenvalue weighted by Crippen LogP contribution is 2.21. The van der Waals surface area contributed by atoms with E-state index in [2.05, 4.69) is 10.4 Å². The first kappa shape index (κ1) is 21.0. The summed E-state index contributed by atoms with van der Waals surface area (Å²) in [5.41, 5.74) is 0.173. The third-order valence-corrected chi connectivity index (χ3v) is 4.69. The zero-order valence-corrected chi connectivity index (χ0v) is 16.6. The lowest BCUT2D eigenvalue weighted by molar-refractivity contribution is -0.148. The molecule has 0 fully saturated rings. The molecule has 10 nitrogen and oxygen atoms in total. The molecule has 0 atom stereocenters. The summed E-state index contributed by atoms with van der Waals surface area (Å²) in [4.78, 5) is 48.3. The fourth-order valence-corrected chi connectivity index (χ4v) is 3.07. The van der Waals surface area contributed by atoms with Crippen molar-refractivity contribution in [2.24, 2.45) is 0 Å². The number of nitrogens with one attached hydrogen (secondary N) is 1. The Kier molecular flexibility index (Phi) is 6.75. The number of benzene rings is 1. The normalized spacial score (nSPS) is 10.4. The molecular weight excluding hydrogens is 414 g/mol. The van der Waals surface area contributed by atoms with Gasteiger partial charge in [0.1, 0.15) is 5.75 Å². The van der Waals surface area contributed by atoms with Crippen molar-refractivity contribution in [1.82, 2.24) is 15.1 Å². The Balaban J connectivity index is 1.46. The Morgan fingerprint density at radius 3 is 2.73 bits per heavy atom. The van der Waals surface area contributed by atoms with E-state index in [0.29, 0.717) is 10.6 Å². The molecule has 1 aromatic carbocycles. The first-order chi connectivity index (χ1) is 14.5. The first-order valence-corrected chi connectivity index (χ1v) is 9.60. The molecule has 0 aliphatic heterocycles. The van der Waals surface area contributed by atoms with Crippen molar-refractivity contribution < 1.29 is 28.3 Å². The van der Waals surface area contributed by atoms with Crippen molar-refractivity contribution in [2.75, 3.05) is 13.7 Å². The summed E-state index contributed by atoms with van der Waals surface area (Å²) >= 11 is 1.36. The van der Waals surface area contributed by atoms with Gasteiger partial charge in [-0.1, -0.05) is 18.2 Å². The minimum atomic E-state index is -0.794. The van der Waals surface area contributed by atoms with Crippen LogP contribution in [-0.2, 0) is 20.9 Å². The fourth-order valence-electron chi connectivity index (χ4n) is 2.43.